The van der Waals surface area contributed by atoms with Gasteiger partial charge in [-0.1, -0.05) is 33.6 Å². The minimum absolute atomic E-state index is 0.202. The van der Waals surface area contributed by atoms with Crippen LogP contribution in [0.1, 0.15) is 11.1 Å². The molecule has 0 aliphatic rings. The van der Waals surface area contributed by atoms with Crippen LogP contribution in [-0.2, 0) is 0 Å². The number of nitrogens with zero attached hydrogens (tertiary/aromatic N) is 1. The Morgan fingerprint density at radius 2 is 1.89 bits per heavy atom. The molecule has 0 saturated carbocycles. The molecule has 0 amide bonds. The molecular formula is C14H13BrN2O. The predicted octanol–water partition coefficient (Wildman–Crippen LogP) is 3.91. The number of phenols is 1. The van der Waals surface area contributed by atoms with E-state index in [1.54, 1.807) is 24.4 Å². The smallest absolute Gasteiger partial charge is 0.124 e. The van der Waals surface area contributed by atoms with Gasteiger partial charge in [-0.2, -0.15) is 5.10 Å². The van der Waals surface area contributed by atoms with Crippen LogP contribution in [0.2, 0.25) is 0 Å². The quantitative estimate of drug-likeness (QED) is 0.667. The Morgan fingerprint density at radius 1 is 1.17 bits per heavy atom. The number of benzene rings is 2. The van der Waals surface area contributed by atoms with Crippen molar-refractivity contribution >= 4 is 27.8 Å². The van der Waals surface area contributed by atoms with E-state index in [9.17, 15) is 5.11 Å². The molecule has 4 heteroatoms. The highest BCUT2D eigenvalue weighted by atomic mass is 79.9. The number of hydrogen-bond acceptors (Lipinski definition) is 3. The van der Waals surface area contributed by atoms with Crippen molar-refractivity contribution in [3.05, 3.63) is 58.1 Å². The second kappa shape index (κ2) is 5.69. The Kier molecular flexibility index (Phi) is 3.99. The first-order valence-corrected chi connectivity index (χ1v) is 6.29. The molecule has 0 heterocycles. The lowest BCUT2D eigenvalue weighted by Crippen LogP contribution is -1.91. The summed E-state index contributed by atoms with van der Waals surface area (Å²) in [5, 5.41) is 13.7. The Bertz CT molecular complexity index is 565. The molecule has 0 fully saturated rings. The summed E-state index contributed by atoms with van der Waals surface area (Å²) in [5.74, 6) is 0.202. The third-order valence-corrected chi connectivity index (χ3v) is 2.93. The van der Waals surface area contributed by atoms with E-state index in [2.05, 4.69) is 26.5 Å². The van der Waals surface area contributed by atoms with Crippen LogP contribution in [0.3, 0.4) is 0 Å². The zero-order valence-corrected chi connectivity index (χ0v) is 11.5. The van der Waals surface area contributed by atoms with E-state index in [4.69, 9.17) is 0 Å². The fraction of sp³-hybridized carbons (Fsp3) is 0.0714. The van der Waals surface area contributed by atoms with Gasteiger partial charge in [-0.15, -0.1) is 0 Å². The van der Waals surface area contributed by atoms with Gasteiger partial charge in [0.1, 0.15) is 5.75 Å². The van der Waals surface area contributed by atoms with E-state index in [1.807, 2.05) is 31.2 Å². The zero-order chi connectivity index (χ0) is 13.0. The van der Waals surface area contributed by atoms with E-state index >= 15 is 0 Å². The highest BCUT2D eigenvalue weighted by Crippen LogP contribution is 2.20. The lowest BCUT2D eigenvalue weighted by Gasteiger charge is -2.01. The number of aromatic hydroxyl groups is 1. The molecule has 0 saturated heterocycles. The van der Waals surface area contributed by atoms with Gasteiger partial charge in [-0.05, 0) is 37.3 Å². The van der Waals surface area contributed by atoms with Crippen molar-refractivity contribution < 1.29 is 5.11 Å². The molecule has 0 unspecified atom stereocenters. The largest absolute Gasteiger partial charge is 0.507 e. The fourth-order valence-electron chi connectivity index (χ4n) is 1.43. The van der Waals surface area contributed by atoms with Crippen molar-refractivity contribution in [1.82, 2.24) is 0 Å². The van der Waals surface area contributed by atoms with Gasteiger partial charge in [0.2, 0.25) is 0 Å². The lowest BCUT2D eigenvalue weighted by molar-refractivity contribution is 0.474. The Morgan fingerprint density at radius 3 is 2.61 bits per heavy atom. The average molecular weight is 305 g/mol. The van der Waals surface area contributed by atoms with Crippen LogP contribution in [0.15, 0.2) is 52.0 Å². The summed E-state index contributed by atoms with van der Waals surface area (Å²) >= 11 is 3.35. The topological polar surface area (TPSA) is 44.6 Å². The first kappa shape index (κ1) is 12.6. The SMILES string of the molecule is Cc1ccc(NN=Cc2cc(Br)ccc2O)cc1. The van der Waals surface area contributed by atoms with E-state index < -0.39 is 0 Å². The summed E-state index contributed by atoms with van der Waals surface area (Å²) in [6.07, 6.45) is 1.58. The number of anilines is 1. The van der Waals surface area contributed by atoms with Gasteiger partial charge < -0.3 is 5.11 Å². The Labute approximate surface area is 114 Å². The van der Waals surface area contributed by atoms with Crippen LogP contribution < -0.4 is 5.43 Å². The van der Waals surface area contributed by atoms with E-state index in [0.29, 0.717) is 5.56 Å². The molecule has 0 aromatic heterocycles. The number of hydrazone groups is 1. The summed E-state index contributed by atoms with van der Waals surface area (Å²) in [4.78, 5) is 0. The third-order valence-electron chi connectivity index (χ3n) is 2.44. The number of hydrogen-bond donors (Lipinski definition) is 2. The molecular weight excluding hydrogens is 292 g/mol. The number of phenolic OH excluding ortho intramolecular Hbond substituents is 1. The Hall–Kier alpha value is -1.81. The first-order chi connectivity index (χ1) is 8.65. The molecule has 0 aliphatic heterocycles. The molecule has 0 spiro atoms. The minimum atomic E-state index is 0.202. The minimum Gasteiger partial charge on any atom is -0.507 e. The average Bonchev–Trinajstić information content (AvgIpc) is 2.36. The van der Waals surface area contributed by atoms with Crippen molar-refractivity contribution in [1.29, 1.82) is 0 Å². The van der Waals surface area contributed by atoms with E-state index in [-0.39, 0.29) is 5.75 Å². The van der Waals surface area contributed by atoms with Gasteiger partial charge in [0.25, 0.3) is 0 Å². The van der Waals surface area contributed by atoms with Gasteiger partial charge in [0.05, 0.1) is 11.9 Å². The van der Waals surface area contributed by atoms with Crippen molar-refractivity contribution in [3.8, 4) is 5.75 Å². The Balaban J connectivity index is 2.07. The van der Waals surface area contributed by atoms with Gasteiger partial charge in [0.15, 0.2) is 0 Å². The van der Waals surface area contributed by atoms with E-state index in [1.165, 1.54) is 5.56 Å². The molecule has 2 rings (SSSR count). The second-order valence-corrected chi connectivity index (χ2v) is 4.85. The maximum Gasteiger partial charge on any atom is 0.124 e. The highest BCUT2D eigenvalue weighted by Gasteiger charge is 1.98. The molecule has 2 aromatic carbocycles. The molecule has 2 N–H and O–H groups in total. The lowest BCUT2D eigenvalue weighted by atomic mass is 10.2. The fourth-order valence-corrected chi connectivity index (χ4v) is 1.81. The summed E-state index contributed by atoms with van der Waals surface area (Å²) in [6.45, 7) is 2.03. The van der Waals surface area contributed by atoms with E-state index in [0.717, 1.165) is 10.2 Å². The predicted molar refractivity (Wildman–Crippen MR) is 78.2 cm³/mol. The van der Waals surface area contributed by atoms with Crippen LogP contribution >= 0.6 is 15.9 Å². The van der Waals surface area contributed by atoms with Crippen molar-refractivity contribution in [3.63, 3.8) is 0 Å². The third kappa shape index (κ3) is 3.34. The maximum absolute atomic E-state index is 9.63. The molecule has 0 radical (unpaired) electrons. The summed E-state index contributed by atoms with van der Waals surface area (Å²) in [7, 11) is 0. The standard InChI is InChI=1S/C14H13BrN2O/c1-10-2-5-13(6-3-10)17-16-9-11-8-12(15)4-7-14(11)18/h2-9,17-18H,1H3. The number of halogens is 1. The van der Waals surface area contributed by atoms with Crippen LogP contribution in [0.4, 0.5) is 5.69 Å². The molecule has 0 bridgehead atoms. The molecule has 18 heavy (non-hydrogen) atoms. The van der Waals surface area contributed by atoms with Crippen molar-refractivity contribution in [2.45, 2.75) is 6.92 Å². The second-order valence-electron chi connectivity index (χ2n) is 3.94. The first-order valence-electron chi connectivity index (χ1n) is 5.49. The van der Waals surface area contributed by atoms with Crippen molar-refractivity contribution in [2.24, 2.45) is 5.10 Å². The molecule has 0 atom stereocenters. The molecule has 0 aliphatic carbocycles. The monoisotopic (exact) mass is 304 g/mol. The summed E-state index contributed by atoms with van der Waals surface area (Å²) in [5.41, 5.74) is 5.68. The van der Waals surface area contributed by atoms with Crippen LogP contribution in [-0.4, -0.2) is 11.3 Å². The van der Waals surface area contributed by atoms with Crippen LogP contribution in [0, 0.1) is 6.92 Å². The normalized spacial score (nSPS) is 10.8. The van der Waals surface area contributed by atoms with Gasteiger partial charge in [-0.3, -0.25) is 5.43 Å². The maximum atomic E-state index is 9.63. The summed E-state index contributed by atoms with van der Waals surface area (Å²) in [6, 6.07) is 13.1. The van der Waals surface area contributed by atoms with Gasteiger partial charge in [0, 0.05) is 10.0 Å². The highest BCUT2D eigenvalue weighted by molar-refractivity contribution is 9.10. The van der Waals surface area contributed by atoms with Gasteiger partial charge >= 0.3 is 0 Å². The summed E-state index contributed by atoms with van der Waals surface area (Å²) < 4.78 is 0.900. The number of rotatable bonds is 3. The van der Waals surface area contributed by atoms with Crippen LogP contribution in [0.25, 0.3) is 0 Å². The number of aryl methyl sites for hydroxylation is 1. The van der Waals surface area contributed by atoms with Crippen molar-refractivity contribution in [2.75, 3.05) is 5.43 Å². The molecule has 2 aromatic rings. The molecule has 92 valence electrons. The molecule has 3 nitrogen and oxygen atoms in total. The van der Waals surface area contributed by atoms with Gasteiger partial charge in [-0.25, -0.2) is 0 Å². The van der Waals surface area contributed by atoms with Crippen LogP contribution in [0.5, 0.6) is 5.75 Å². The zero-order valence-electron chi connectivity index (χ0n) is 9.89. The number of nitrogens with one attached hydrogen (secondary N) is 1.